The number of rotatable bonds is 25. The van der Waals surface area contributed by atoms with Gasteiger partial charge in [-0.25, -0.2) is 9.18 Å². The fourth-order valence-corrected chi connectivity index (χ4v) is 13.8. The number of likely N-dealkylation sites (tertiary alicyclic amines) is 2. The number of fused-ring (bicyclic) bond motifs is 2. The number of carbonyl (C=O) groups is 5. The normalized spacial score (nSPS) is 18.3. The Morgan fingerprint density at radius 2 is 1.28 bits per heavy atom. The van der Waals surface area contributed by atoms with E-state index >= 15 is 0 Å². The fraction of sp³-hybridized carbons (Fsp3) is 0.446. The Balaban J connectivity index is 0.613. The van der Waals surface area contributed by atoms with E-state index in [0.29, 0.717) is 139 Å². The maximum atomic E-state index is 14.2. The van der Waals surface area contributed by atoms with Crippen molar-refractivity contribution >= 4 is 35.4 Å². The number of amides is 5. The van der Waals surface area contributed by atoms with Gasteiger partial charge in [-0.2, -0.15) is 26.3 Å². The lowest BCUT2D eigenvalue weighted by Gasteiger charge is -2.44. The first kappa shape index (κ1) is 71.5. The Morgan fingerprint density at radius 3 is 1.96 bits per heavy atom. The predicted octanol–water partition coefficient (Wildman–Crippen LogP) is 12.2. The third-order valence-electron chi connectivity index (χ3n) is 19.6. The molecule has 1 spiro atoms. The van der Waals surface area contributed by atoms with Gasteiger partial charge in [-0.1, -0.05) is 97.1 Å². The first-order valence-corrected chi connectivity index (χ1v) is 33.1. The molecule has 3 heterocycles. The van der Waals surface area contributed by atoms with Crippen molar-refractivity contribution in [2.45, 2.75) is 99.9 Å². The number of nitrogens with zero attached hydrogens (tertiary/aromatic N) is 7. The summed E-state index contributed by atoms with van der Waals surface area (Å²) < 4.78 is 116. The molecule has 5 amide bonds. The van der Waals surface area contributed by atoms with Crippen molar-refractivity contribution in [1.29, 1.82) is 0 Å². The summed E-state index contributed by atoms with van der Waals surface area (Å²) in [5, 5.41) is 2.93. The van der Waals surface area contributed by atoms with Gasteiger partial charge >= 0.3 is 18.4 Å². The Kier molecular flexibility index (Phi) is 23.3. The zero-order valence-electron chi connectivity index (χ0n) is 55.3. The van der Waals surface area contributed by atoms with E-state index in [1.54, 1.807) is 28.8 Å². The van der Waals surface area contributed by atoms with E-state index in [1.165, 1.54) is 29.8 Å². The second kappa shape index (κ2) is 31.5. The molecule has 0 radical (unpaired) electrons. The number of hydrogen-bond donors (Lipinski definition) is 1. The number of para-hydroxylation sites is 1. The Labute approximate surface area is 562 Å². The third kappa shape index (κ3) is 18.1. The average molecular weight is 1350 g/mol. The van der Waals surface area contributed by atoms with Crippen LogP contribution in [0.3, 0.4) is 0 Å². The topological polar surface area (TPSA) is 148 Å². The summed E-state index contributed by atoms with van der Waals surface area (Å²) >= 11 is 0. The van der Waals surface area contributed by atoms with Crippen LogP contribution in [0, 0.1) is 5.82 Å². The number of piperidine rings is 2. The van der Waals surface area contributed by atoms with Crippen molar-refractivity contribution in [3.05, 3.63) is 196 Å². The molecule has 3 saturated heterocycles. The molecule has 3 aliphatic heterocycles. The highest BCUT2D eigenvalue weighted by Gasteiger charge is 2.50. The van der Waals surface area contributed by atoms with E-state index in [2.05, 4.69) is 32.1 Å². The summed E-state index contributed by atoms with van der Waals surface area (Å²) in [6.45, 7) is 5.85. The number of ether oxygens (including phenoxy) is 3. The number of likely N-dealkylation sites (N-methyl/N-ethyl adjacent to an activating group) is 2. The lowest BCUT2D eigenvalue weighted by atomic mass is 9.72. The van der Waals surface area contributed by atoms with Gasteiger partial charge in [0.15, 0.2) is 0 Å². The molecule has 0 bridgehead atoms. The summed E-state index contributed by atoms with van der Waals surface area (Å²) in [7, 11) is 7.31. The van der Waals surface area contributed by atoms with Crippen LogP contribution in [0.2, 0.25) is 0 Å². The van der Waals surface area contributed by atoms with Crippen LogP contribution in [0.15, 0.2) is 146 Å². The van der Waals surface area contributed by atoms with Crippen LogP contribution in [0.1, 0.15) is 105 Å². The average Bonchev–Trinajstić information content (AvgIpc) is 1.60. The predicted molar refractivity (Wildman–Crippen MR) is 354 cm³/mol. The monoisotopic (exact) mass is 1350 g/mol. The van der Waals surface area contributed by atoms with Crippen LogP contribution in [-0.4, -0.2) is 190 Å². The van der Waals surface area contributed by atoms with Gasteiger partial charge in [0.2, 0.25) is 11.8 Å². The number of anilines is 1. The number of halogens is 7. The molecule has 0 saturated carbocycles. The van der Waals surface area contributed by atoms with Crippen LogP contribution in [0.25, 0.3) is 11.1 Å². The van der Waals surface area contributed by atoms with Gasteiger partial charge in [0.05, 0.1) is 29.5 Å². The molecule has 1 N–H and O–H groups in total. The molecule has 23 heteroatoms. The molecular formula is C74H85F7N8O8. The van der Waals surface area contributed by atoms with Gasteiger partial charge in [-0.05, 0) is 154 Å². The Hall–Kier alpha value is -8.22. The number of hydrogen-bond acceptors (Lipinski definition) is 11. The van der Waals surface area contributed by atoms with Crippen molar-refractivity contribution in [2.75, 3.05) is 119 Å². The standard InChI is InChI=1S/C74H85F7N8O8/c1-83(48-52-21-23-54(24-22-52)68(92)86(4)42-43-87-37-29-61(30-38-87)97-70(94)82-64-19-11-9-17-62(64)53-14-6-5-7-15-53)34-12-20-66(90)84(2)35-13-36-85(3)67(91)49-95-65-46-55-16-8-10-18-63(55)71(65)31-39-88(40-32-71)41-33-72(57-25-27-60(75)28-26-57)50-89(51-96-72)69(93)56-44-58(73(76,77)78)47-59(45-56)74(79,80)81/h5-11,14-19,21-28,44-45,47,61,65H,12-13,20,29-43,46,48-51H2,1-4H3,(H,82,94)/t65-,72-/m0/s1. The van der Waals surface area contributed by atoms with Gasteiger partial charge in [0.1, 0.15) is 30.9 Å². The van der Waals surface area contributed by atoms with Crippen molar-refractivity contribution in [1.82, 2.24) is 34.3 Å². The van der Waals surface area contributed by atoms with Gasteiger partial charge in [-0.15, -0.1) is 0 Å². The van der Waals surface area contributed by atoms with E-state index < -0.39 is 64.6 Å². The molecule has 3 fully saturated rings. The summed E-state index contributed by atoms with van der Waals surface area (Å²) in [6, 6.07) is 39.6. The second-order valence-electron chi connectivity index (χ2n) is 26.2. The minimum Gasteiger partial charge on any atom is -0.446 e. The molecule has 0 unspecified atom stereocenters. The van der Waals surface area contributed by atoms with Crippen LogP contribution in [0.5, 0.6) is 0 Å². The van der Waals surface area contributed by atoms with Crippen molar-refractivity contribution in [2.24, 2.45) is 0 Å². The minimum atomic E-state index is -5.15. The molecule has 518 valence electrons. The quantitative estimate of drug-likeness (QED) is 0.0546. The van der Waals surface area contributed by atoms with Crippen molar-refractivity contribution < 1.29 is 68.9 Å². The molecule has 1 aliphatic carbocycles. The number of nitrogens with one attached hydrogen (secondary N) is 1. The fourth-order valence-electron chi connectivity index (χ4n) is 13.8. The SMILES string of the molecule is CN(CCCC(=O)N(C)CCCN(C)C(=O)CO[C@H]1Cc2ccccc2C12CCN(CC[C@@]1(c3ccc(F)cc3)CN(C(=O)c3cc(C(F)(F)F)cc(C(F)(F)F)c3)CO1)CC2)Cc1ccc(C(=O)N(C)CCN2CCC(OC(=O)Nc3ccccc3-c3ccccc3)CC2)cc1. The van der Waals surface area contributed by atoms with Crippen LogP contribution in [-0.2, 0) is 60.1 Å². The summed E-state index contributed by atoms with van der Waals surface area (Å²) in [5.41, 5.74) is 1.40. The zero-order valence-corrected chi connectivity index (χ0v) is 55.3. The zero-order chi connectivity index (χ0) is 69.1. The number of benzene rings is 6. The third-order valence-corrected chi connectivity index (χ3v) is 19.6. The largest absolute Gasteiger partial charge is 0.446 e. The first-order valence-electron chi connectivity index (χ1n) is 33.1. The van der Waals surface area contributed by atoms with Crippen molar-refractivity contribution in [3.8, 4) is 11.1 Å². The molecule has 16 nitrogen and oxygen atoms in total. The van der Waals surface area contributed by atoms with E-state index in [9.17, 15) is 54.7 Å². The maximum Gasteiger partial charge on any atom is 0.416 e. The maximum absolute atomic E-state index is 14.2. The van der Waals surface area contributed by atoms with Crippen LogP contribution >= 0.6 is 0 Å². The highest BCUT2D eigenvalue weighted by molar-refractivity contribution is 5.95. The molecular weight excluding hydrogens is 1260 g/mol. The van der Waals surface area contributed by atoms with Crippen molar-refractivity contribution in [3.63, 3.8) is 0 Å². The lowest BCUT2D eigenvalue weighted by Crippen LogP contribution is -2.50. The van der Waals surface area contributed by atoms with E-state index in [0.717, 1.165) is 40.2 Å². The first-order chi connectivity index (χ1) is 46.4. The van der Waals surface area contributed by atoms with Gasteiger partial charge < -0.3 is 48.5 Å². The molecule has 10 rings (SSSR count). The Morgan fingerprint density at radius 1 is 0.649 bits per heavy atom. The van der Waals surface area contributed by atoms with E-state index in [1.807, 2.05) is 105 Å². The molecule has 0 aromatic heterocycles. The van der Waals surface area contributed by atoms with Gasteiger partial charge in [0.25, 0.3) is 11.8 Å². The number of carbonyl (C=O) groups excluding carboxylic acids is 5. The summed E-state index contributed by atoms with van der Waals surface area (Å²) in [4.78, 5) is 79.7. The molecule has 4 aliphatic rings. The Bertz CT molecular complexity index is 3650. The van der Waals surface area contributed by atoms with E-state index in [-0.39, 0.29) is 55.6 Å². The van der Waals surface area contributed by atoms with Gasteiger partial charge in [-0.3, -0.25) is 24.5 Å². The molecule has 6 aromatic carbocycles. The highest BCUT2D eigenvalue weighted by atomic mass is 19.4. The molecule has 6 aromatic rings. The second-order valence-corrected chi connectivity index (χ2v) is 26.2. The van der Waals surface area contributed by atoms with Crippen LogP contribution in [0.4, 0.5) is 41.2 Å². The molecule has 97 heavy (non-hydrogen) atoms. The summed E-state index contributed by atoms with van der Waals surface area (Å²) in [6.07, 6.45) is -6.04. The summed E-state index contributed by atoms with van der Waals surface area (Å²) in [5.74, 6) is -1.84. The minimum absolute atomic E-state index is 0.0124. The van der Waals surface area contributed by atoms with Gasteiger partial charge in [0, 0.05) is 102 Å². The van der Waals surface area contributed by atoms with E-state index in [4.69, 9.17) is 14.2 Å². The smallest absolute Gasteiger partial charge is 0.416 e. The van der Waals surface area contributed by atoms with Crippen LogP contribution < -0.4 is 5.32 Å². The number of alkyl halides is 6. The molecule has 2 atom stereocenters. The lowest BCUT2D eigenvalue weighted by molar-refractivity contribution is -0.143. The highest BCUT2D eigenvalue weighted by Crippen LogP contribution is 2.48.